The number of hydrogen-bond acceptors (Lipinski definition) is 3. The fraction of sp³-hybridized carbons (Fsp3) is 0.300. The Labute approximate surface area is 140 Å². The smallest absolute Gasteiger partial charge is 0.261 e. The molecule has 4 heteroatoms. The average molecular weight is 317 g/mol. The molecule has 0 aliphatic carbocycles. The average Bonchev–Trinajstić information content (AvgIpc) is 3.15. The molecule has 2 aromatic carbocycles. The van der Waals surface area contributed by atoms with Gasteiger partial charge in [-0.2, -0.15) is 0 Å². The minimum Gasteiger partial charge on any atom is -0.298 e. The van der Waals surface area contributed by atoms with Gasteiger partial charge in [-0.05, 0) is 36.1 Å². The van der Waals surface area contributed by atoms with Crippen LogP contribution in [-0.2, 0) is 13.6 Å². The summed E-state index contributed by atoms with van der Waals surface area (Å²) >= 11 is 0. The van der Waals surface area contributed by atoms with Crippen LogP contribution >= 0.6 is 0 Å². The normalized spacial score (nSPS) is 22.2. The van der Waals surface area contributed by atoms with Gasteiger partial charge in [0.25, 0.3) is 5.56 Å². The molecule has 0 radical (unpaired) electrons. The number of hydrogen-bond donors (Lipinski definition) is 0. The largest absolute Gasteiger partial charge is 0.298 e. The maximum Gasteiger partial charge on any atom is 0.261 e. The van der Waals surface area contributed by atoms with E-state index in [4.69, 9.17) is 4.98 Å². The summed E-state index contributed by atoms with van der Waals surface area (Å²) in [5, 5.41) is 0.691. The molecule has 0 saturated carbocycles. The van der Waals surface area contributed by atoms with E-state index in [0.717, 1.165) is 17.9 Å². The van der Waals surface area contributed by atoms with Crippen LogP contribution in [0.4, 0.5) is 0 Å². The van der Waals surface area contributed by atoms with E-state index in [1.807, 2.05) is 31.3 Å². The van der Waals surface area contributed by atoms with Crippen LogP contribution in [-0.4, -0.2) is 14.5 Å². The maximum atomic E-state index is 12.6. The molecule has 1 fully saturated rings. The number of benzene rings is 2. The van der Waals surface area contributed by atoms with Gasteiger partial charge in [0.2, 0.25) is 0 Å². The van der Waals surface area contributed by atoms with Gasteiger partial charge in [-0.15, -0.1) is 0 Å². The second-order valence-corrected chi connectivity index (χ2v) is 6.82. The first-order valence-electron chi connectivity index (χ1n) is 8.53. The lowest BCUT2D eigenvalue weighted by Crippen LogP contribution is -2.28. The highest BCUT2D eigenvalue weighted by Gasteiger charge is 2.43. The number of para-hydroxylation sites is 1. The number of rotatable bonds is 2. The molecule has 5 rings (SSSR count). The summed E-state index contributed by atoms with van der Waals surface area (Å²) in [4.78, 5) is 19.9. The van der Waals surface area contributed by atoms with Gasteiger partial charge in [-0.3, -0.25) is 14.3 Å². The van der Waals surface area contributed by atoms with E-state index >= 15 is 0 Å². The molecule has 2 aliphatic rings. The Balaban J connectivity index is 1.57. The summed E-state index contributed by atoms with van der Waals surface area (Å²) in [6.45, 7) is 0.723. The highest BCUT2D eigenvalue weighted by atomic mass is 16.1. The lowest BCUT2D eigenvalue weighted by Gasteiger charge is -2.22. The van der Waals surface area contributed by atoms with Crippen molar-refractivity contribution < 1.29 is 0 Å². The standard InChI is InChI=1S/C20H19N3O/c1-22-19(21-16-9-5-4-8-15(16)20(22)24)12-23-17-10-11-18(23)14-7-3-2-6-13(14)17/h2-9,17-18H,10-12H2,1H3/t17-,18-/m0/s1. The summed E-state index contributed by atoms with van der Waals surface area (Å²) in [5.41, 5.74) is 3.75. The highest BCUT2D eigenvalue weighted by Crippen LogP contribution is 2.53. The molecule has 0 N–H and O–H groups in total. The molecule has 4 nitrogen and oxygen atoms in total. The Bertz CT molecular complexity index is 976. The molecule has 1 aromatic heterocycles. The SMILES string of the molecule is Cn1c(CN2[C@H]3CC[C@H]2c2ccccc23)nc2ccccc2c1=O. The van der Waals surface area contributed by atoms with E-state index in [2.05, 4.69) is 29.2 Å². The predicted molar refractivity (Wildman–Crippen MR) is 93.7 cm³/mol. The van der Waals surface area contributed by atoms with Crippen molar-refractivity contribution >= 4 is 10.9 Å². The molecule has 2 aliphatic heterocycles. The molecule has 1 saturated heterocycles. The lowest BCUT2D eigenvalue weighted by molar-refractivity contribution is 0.205. The van der Waals surface area contributed by atoms with Crippen molar-refractivity contribution in [3.63, 3.8) is 0 Å². The van der Waals surface area contributed by atoms with E-state index in [1.165, 1.54) is 24.0 Å². The van der Waals surface area contributed by atoms with Gasteiger partial charge in [-0.25, -0.2) is 4.98 Å². The topological polar surface area (TPSA) is 38.1 Å². The minimum atomic E-state index is 0.0414. The Morgan fingerprint density at radius 3 is 2.33 bits per heavy atom. The minimum absolute atomic E-state index is 0.0414. The number of nitrogens with zero attached hydrogens (tertiary/aromatic N) is 3. The van der Waals surface area contributed by atoms with Crippen LogP contribution in [0.2, 0.25) is 0 Å². The molecule has 2 bridgehead atoms. The van der Waals surface area contributed by atoms with Crippen molar-refractivity contribution in [1.29, 1.82) is 0 Å². The second-order valence-electron chi connectivity index (χ2n) is 6.82. The molecule has 0 unspecified atom stereocenters. The Morgan fingerprint density at radius 2 is 1.62 bits per heavy atom. The zero-order valence-corrected chi connectivity index (χ0v) is 13.6. The summed E-state index contributed by atoms with van der Waals surface area (Å²) in [6, 6.07) is 17.3. The summed E-state index contributed by atoms with van der Waals surface area (Å²) in [7, 11) is 1.84. The number of fused-ring (bicyclic) bond motifs is 6. The molecule has 3 heterocycles. The van der Waals surface area contributed by atoms with Crippen molar-refractivity contribution in [2.75, 3.05) is 0 Å². The third kappa shape index (κ3) is 1.83. The van der Waals surface area contributed by atoms with E-state index in [0.29, 0.717) is 17.5 Å². The Morgan fingerprint density at radius 1 is 1.00 bits per heavy atom. The van der Waals surface area contributed by atoms with Crippen LogP contribution in [0.3, 0.4) is 0 Å². The van der Waals surface area contributed by atoms with Crippen molar-refractivity contribution in [2.45, 2.75) is 31.5 Å². The Kier molecular flexibility index (Phi) is 2.91. The predicted octanol–water partition coefficient (Wildman–Crippen LogP) is 3.33. The molecule has 0 spiro atoms. The monoisotopic (exact) mass is 317 g/mol. The van der Waals surface area contributed by atoms with Crippen LogP contribution < -0.4 is 5.56 Å². The lowest BCUT2D eigenvalue weighted by atomic mass is 9.92. The highest BCUT2D eigenvalue weighted by molar-refractivity contribution is 5.77. The quantitative estimate of drug-likeness (QED) is 0.728. The van der Waals surface area contributed by atoms with Gasteiger partial charge >= 0.3 is 0 Å². The van der Waals surface area contributed by atoms with Crippen molar-refractivity contribution in [3.05, 3.63) is 75.8 Å². The molecule has 3 aromatic rings. The third-order valence-corrected chi connectivity index (χ3v) is 5.63. The maximum absolute atomic E-state index is 12.6. The molecular weight excluding hydrogens is 298 g/mol. The zero-order valence-electron chi connectivity index (χ0n) is 13.6. The van der Waals surface area contributed by atoms with Gasteiger partial charge in [0.1, 0.15) is 5.82 Å². The van der Waals surface area contributed by atoms with E-state index in [-0.39, 0.29) is 5.56 Å². The van der Waals surface area contributed by atoms with Gasteiger partial charge in [0, 0.05) is 19.1 Å². The molecule has 0 amide bonds. The van der Waals surface area contributed by atoms with E-state index in [1.54, 1.807) is 4.57 Å². The summed E-state index contributed by atoms with van der Waals surface area (Å²) < 4.78 is 1.71. The van der Waals surface area contributed by atoms with Gasteiger partial charge < -0.3 is 0 Å². The first-order valence-corrected chi connectivity index (χ1v) is 8.53. The molecule has 2 atom stereocenters. The van der Waals surface area contributed by atoms with Crippen LogP contribution in [0.15, 0.2) is 53.3 Å². The molecule has 24 heavy (non-hydrogen) atoms. The zero-order chi connectivity index (χ0) is 16.3. The fourth-order valence-corrected chi connectivity index (χ4v) is 4.44. The van der Waals surface area contributed by atoms with Crippen LogP contribution in [0.1, 0.15) is 41.9 Å². The first kappa shape index (κ1) is 13.9. The van der Waals surface area contributed by atoms with Crippen molar-refractivity contribution in [3.8, 4) is 0 Å². The first-order chi connectivity index (χ1) is 11.7. The molecular formula is C20H19N3O. The fourth-order valence-electron chi connectivity index (χ4n) is 4.44. The van der Waals surface area contributed by atoms with Gasteiger partial charge in [0.15, 0.2) is 0 Å². The molecule has 120 valence electrons. The van der Waals surface area contributed by atoms with E-state index in [9.17, 15) is 4.79 Å². The number of aromatic nitrogens is 2. The summed E-state index contributed by atoms with van der Waals surface area (Å²) in [5.74, 6) is 0.850. The van der Waals surface area contributed by atoms with Gasteiger partial charge in [-0.1, -0.05) is 36.4 Å². The summed E-state index contributed by atoms with van der Waals surface area (Å²) in [6.07, 6.45) is 2.40. The van der Waals surface area contributed by atoms with Gasteiger partial charge in [0.05, 0.1) is 17.4 Å². The van der Waals surface area contributed by atoms with Crippen molar-refractivity contribution in [1.82, 2.24) is 14.5 Å². The van der Waals surface area contributed by atoms with E-state index < -0.39 is 0 Å². The van der Waals surface area contributed by atoms with Crippen LogP contribution in [0.25, 0.3) is 10.9 Å². The second kappa shape index (κ2) is 5.02. The van der Waals surface area contributed by atoms with Crippen LogP contribution in [0, 0.1) is 0 Å². The third-order valence-electron chi connectivity index (χ3n) is 5.63. The van der Waals surface area contributed by atoms with Crippen LogP contribution in [0.5, 0.6) is 0 Å². The Hall–Kier alpha value is -2.46. The van der Waals surface area contributed by atoms with Crippen molar-refractivity contribution in [2.24, 2.45) is 7.05 Å².